The smallest absolute Gasteiger partial charge is 0.339 e. The van der Waals surface area contributed by atoms with Crippen molar-refractivity contribution < 1.29 is 14.3 Å². The van der Waals surface area contributed by atoms with Gasteiger partial charge in [0.2, 0.25) is 0 Å². The summed E-state index contributed by atoms with van der Waals surface area (Å²) in [5, 5.41) is 2.01. The average molecular weight is 401 g/mol. The maximum Gasteiger partial charge on any atom is 0.339 e. The van der Waals surface area contributed by atoms with Gasteiger partial charge in [0, 0.05) is 11.9 Å². The minimum atomic E-state index is -0.451. The van der Waals surface area contributed by atoms with Crippen molar-refractivity contribution in [2.45, 2.75) is 39.2 Å². The van der Waals surface area contributed by atoms with Crippen LogP contribution in [0.4, 0.5) is 0 Å². The molecule has 0 fully saturated rings. The molecule has 2 heterocycles. The zero-order valence-corrected chi connectivity index (χ0v) is 16.7. The van der Waals surface area contributed by atoms with Crippen LogP contribution in [0.15, 0.2) is 46.8 Å². The fraction of sp³-hybridized carbons (Fsp3) is 0.381. The summed E-state index contributed by atoms with van der Waals surface area (Å²) in [4.78, 5) is 30.0. The number of benzene rings is 1. The standard InChI is InChI=1S/C21H24N2O4S/c1-2-3-12-27-21(25)17-14-28-19-18(17)20(24)23(15-22-19)11-7-8-13-26-16-9-5-4-6-10-16/h4-6,9-10,14-15H,2-3,7-8,11-13H2,1H3. The molecule has 28 heavy (non-hydrogen) atoms. The van der Waals surface area contributed by atoms with Crippen LogP contribution in [0.1, 0.15) is 43.0 Å². The van der Waals surface area contributed by atoms with Crippen molar-refractivity contribution in [3.8, 4) is 5.75 Å². The van der Waals surface area contributed by atoms with Gasteiger partial charge in [0.1, 0.15) is 10.6 Å². The highest BCUT2D eigenvalue weighted by atomic mass is 32.1. The van der Waals surface area contributed by atoms with E-state index >= 15 is 0 Å². The van der Waals surface area contributed by atoms with Gasteiger partial charge in [-0.1, -0.05) is 31.5 Å². The summed E-state index contributed by atoms with van der Waals surface area (Å²) in [7, 11) is 0. The van der Waals surface area contributed by atoms with Crippen LogP contribution in [-0.4, -0.2) is 28.7 Å². The molecule has 0 atom stereocenters. The molecule has 0 amide bonds. The molecule has 2 aromatic heterocycles. The van der Waals surface area contributed by atoms with Crippen LogP contribution in [-0.2, 0) is 11.3 Å². The molecule has 0 bridgehead atoms. The van der Waals surface area contributed by atoms with Crippen molar-refractivity contribution in [3.63, 3.8) is 0 Å². The first-order valence-corrected chi connectivity index (χ1v) is 10.4. The molecular weight excluding hydrogens is 376 g/mol. The topological polar surface area (TPSA) is 70.4 Å². The van der Waals surface area contributed by atoms with E-state index in [9.17, 15) is 9.59 Å². The van der Waals surface area contributed by atoms with Gasteiger partial charge in [0.05, 0.1) is 30.5 Å². The Kier molecular flexibility index (Phi) is 7.19. The predicted molar refractivity (Wildman–Crippen MR) is 110 cm³/mol. The van der Waals surface area contributed by atoms with Gasteiger partial charge in [-0.25, -0.2) is 9.78 Å². The molecule has 0 aliphatic heterocycles. The van der Waals surface area contributed by atoms with Crippen molar-refractivity contribution in [2.75, 3.05) is 13.2 Å². The third-order valence-electron chi connectivity index (χ3n) is 4.32. The number of para-hydroxylation sites is 1. The molecule has 3 rings (SSSR count). The second-order valence-corrected chi connectivity index (χ2v) is 7.29. The Hall–Kier alpha value is -2.67. The van der Waals surface area contributed by atoms with Crippen LogP contribution in [0.2, 0.25) is 0 Å². The van der Waals surface area contributed by atoms with E-state index in [1.807, 2.05) is 37.3 Å². The third-order valence-corrected chi connectivity index (χ3v) is 5.20. The van der Waals surface area contributed by atoms with Crippen LogP contribution >= 0.6 is 11.3 Å². The van der Waals surface area contributed by atoms with Gasteiger partial charge < -0.3 is 9.47 Å². The summed E-state index contributed by atoms with van der Waals surface area (Å²) in [6.07, 6.45) is 4.89. The number of hydrogen-bond acceptors (Lipinski definition) is 6. The highest BCUT2D eigenvalue weighted by molar-refractivity contribution is 7.17. The Balaban J connectivity index is 1.60. The van der Waals surface area contributed by atoms with Crippen molar-refractivity contribution >= 4 is 27.5 Å². The molecule has 0 radical (unpaired) electrons. The summed E-state index contributed by atoms with van der Waals surface area (Å²) >= 11 is 1.29. The summed E-state index contributed by atoms with van der Waals surface area (Å²) in [5.41, 5.74) is 0.119. The first-order valence-electron chi connectivity index (χ1n) is 9.52. The number of rotatable bonds is 10. The quantitative estimate of drug-likeness (QED) is 0.375. The number of fused-ring (bicyclic) bond motifs is 1. The summed E-state index contributed by atoms with van der Waals surface area (Å²) in [6, 6.07) is 9.64. The number of carbonyl (C=O) groups excluding carboxylic acids is 1. The molecule has 0 spiro atoms. The van der Waals surface area contributed by atoms with Gasteiger partial charge in [-0.15, -0.1) is 11.3 Å². The normalized spacial score (nSPS) is 10.9. The van der Waals surface area contributed by atoms with E-state index < -0.39 is 5.97 Å². The van der Waals surface area contributed by atoms with Crippen LogP contribution in [0, 0.1) is 0 Å². The van der Waals surface area contributed by atoms with E-state index in [0.717, 1.165) is 31.4 Å². The lowest BCUT2D eigenvalue weighted by molar-refractivity contribution is 0.0502. The molecule has 1 aromatic carbocycles. The van der Waals surface area contributed by atoms with E-state index in [1.165, 1.54) is 11.3 Å². The van der Waals surface area contributed by atoms with Crippen molar-refractivity contribution in [3.05, 3.63) is 58.0 Å². The number of esters is 1. The van der Waals surface area contributed by atoms with Gasteiger partial charge in [-0.05, 0) is 31.4 Å². The fourth-order valence-electron chi connectivity index (χ4n) is 2.75. The number of ether oxygens (including phenoxy) is 2. The maximum atomic E-state index is 12.8. The summed E-state index contributed by atoms with van der Waals surface area (Å²) in [5.74, 6) is 0.389. The monoisotopic (exact) mass is 400 g/mol. The van der Waals surface area contributed by atoms with E-state index in [4.69, 9.17) is 9.47 Å². The van der Waals surface area contributed by atoms with Crippen LogP contribution in [0.3, 0.4) is 0 Å². The van der Waals surface area contributed by atoms with E-state index in [1.54, 1.807) is 16.3 Å². The third kappa shape index (κ3) is 4.98. The minimum absolute atomic E-state index is 0.197. The summed E-state index contributed by atoms with van der Waals surface area (Å²) < 4.78 is 12.5. The van der Waals surface area contributed by atoms with E-state index in [-0.39, 0.29) is 5.56 Å². The van der Waals surface area contributed by atoms with Crippen molar-refractivity contribution in [1.29, 1.82) is 0 Å². The van der Waals surface area contributed by atoms with Gasteiger partial charge in [-0.2, -0.15) is 0 Å². The molecule has 0 aliphatic rings. The molecular formula is C21H24N2O4S. The zero-order chi connectivity index (χ0) is 19.8. The number of unbranched alkanes of at least 4 members (excludes halogenated alkanes) is 2. The number of nitrogens with zero attached hydrogens (tertiary/aromatic N) is 2. The molecule has 0 saturated carbocycles. The Bertz CT molecular complexity index is 965. The van der Waals surface area contributed by atoms with Crippen molar-refractivity contribution in [1.82, 2.24) is 9.55 Å². The number of aryl methyl sites for hydroxylation is 1. The molecule has 0 saturated heterocycles. The van der Waals surface area contributed by atoms with Crippen LogP contribution in [0.5, 0.6) is 5.75 Å². The lowest BCUT2D eigenvalue weighted by Gasteiger charge is -2.08. The second-order valence-electron chi connectivity index (χ2n) is 6.43. The highest BCUT2D eigenvalue weighted by Crippen LogP contribution is 2.21. The first-order chi connectivity index (χ1) is 13.7. The Morgan fingerprint density at radius 2 is 1.96 bits per heavy atom. The van der Waals surface area contributed by atoms with Crippen molar-refractivity contribution in [2.24, 2.45) is 0 Å². The van der Waals surface area contributed by atoms with Crippen LogP contribution < -0.4 is 10.3 Å². The Morgan fingerprint density at radius 1 is 1.14 bits per heavy atom. The molecule has 0 N–H and O–H groups in total. The molecule has 6 nitrogen and oxygen atoms in total. The molecule has 0 aliphatic carbocycles. The average Bonchev–Trinajstić information content (AvgIpc) is 3.15. The first kappa shape index (κ1) is 20.1. The van der Waals surface area contributed by atoms with Gasteiger partial charge in [0.15, 0.2) is 0 Å². The lowest BCUT2D eigenvalue weighted by atomic mass is 10.2. The number of carbonyl (C=O) groups is 1. The Labute approximate surface area is 167 Å². The maximum absolute atomic E-state index is 12.8. The predicted octanol–water partition coefficient (Wildman–Crippen LogP) is 4.27. The SMILES string of the molecule is CCCCOC(=O)c1csc2ncn(CCCCOc3ccccc3)c(=O)c12. The minimum Gasteiger partial charge on any atom is -0.494 e. The van der Waals surface area contributed by atoms with Gasteiger partial charge >= 0.3 is 5.97 Å². The Morgan fingerprint density at radius 3 is 2.75 bits per heavy atom. The second kappa shape index (κ2) is 10.0. The lowest BCUT2D eigenvalue weighted by Crippen LogP contribution is -2.22. The number of aromatic nitrogens is 2. The zero-order valence-electron chi connectivity index (χ0n) is 15.9. The van der Waals surface area contributed by atoms with E-state index in [2.05, 4.69) is 4.98 Å². The van der Waals surface area contributed by atoms with E-state index in [0.29, 0.717) is 35.5 Å². The summed E-state index contributed by atoms with van der Waals surface area (Å²) in [6.45, 7) is 3.51. The van der Waals surface area contributed by atoms with Gasteiger partial charge in [0.25, 0.3) is 5.56 Å². The van der Waals surface area contributed by atoms with Gasteiger partial charge in [-0.3, -0.25) is 9.36 Å². The number of hydrogen-bond donors (Lipinski definition) is 0. The molecule has 3 aromatic rings. The molecule has 148 valence electrons. The largest absolute Gasteiger partial charge is 0.494 e. The highest BCUT2D eigenvalue weighted by Gasteiger charge is 2.18. The molecule has 0 unspecified atom stereocenters. The fourth-order valence-corrected chi connectivity index (χ4v) is 3.62. The number of thiophene rings is 1. The van der Waals surface area contributed by atoms with Crippen LogP contribution in [0.25, 0.3) is 10.2 Å². The molecule has 7 heteroatoms.